The molecule has 0 aliphatic heterocycles. The SMILES string of the molecule is CCc1ccccc1OCC(=O)N/N=C(/C)c1ccc([N+](=O)[O-])cc1. The van der Waals surface area contributed by atoms with E-state index < -0.39 is 4.92 Å². The summed E-state index contributed by atoms with van der Waals surface area (Å²) >= 11 is 0. The van der Waals surface area contributed by atoms with Gasteiger partial charge in [0.05, 0.1) is 10.6 Å². The van der Waals surface area contributed by atoms with Crippen molar-refractivity contribution in [2.75, 3.05) is 6.61 Å². The Kier molecular flexibility index (Phi) is 6.22. The molecule has 0 aliphatic rings. The van der Waals surface area contributed by atoms with Gasteiger partial charge in [-0.3, -0.25) is 14.9 Å². The molecule has 0 unspecified atom stereocenters. The maximum atomic E-state index is 11.9. The number of nitro benzene ring substituents is 1. The molecule has 0 aliphatic carbocycles. The maximum absolute atomic E-state index is 11.9. The first-order chi connectivity index (χ1) is 12.0. The number of amides is 1. The van der Waals surface area contributed by atoms with Gasteiger partial charge in [-0.15, -0.1) is 0 Å². The minimum atomic E-state index is -0.469. The number of carbonyl (C=O) groups excluding carboxylic acids is 1. The molecule has 0 atom stereocenters. The molecule has 0 radical (unpaired) electrons. The van der Waals surface area contributed by atoms with Gasteiger partial charge in [0.15, 0.2) is 6.61 Å². The third-order valence-corrected chi connectivity index (χ3v) is 3.56. The predicted molar refractivity (Wildman–Crippen MR) is 94.8 cm³/mol. The molecule has 25 heavy (non-hydrogen) atoms. The van der Waals surface area contributed by atoms with E-state index in [0.29, 0.717) is 17.0 Å². The first-order valence-corrected chi connectivity index (χ1v) is 7.80. The van der Waals surface area contributed by atoms with E-state index in [4.69, 9.17) is 4.74 Å². The number of rotatable bonds is 7. The van der Waals surface area contributed by atoms with E-state index in [9.17, 15) is 14.9 Å². The lowest BCUT2D eigenvalue weighted by Crippen LogP contribution is -2.25. The highest BCUT2D eigenvalue weighted by atomic mass is 16.6. The molecule has 0 spiro atoms. The van der Waals surface area contributed by atoms with Crippen LogP contribution in [0.4, 0.5) is 5.69 Å². The van der Waals surface area contributed by atoms with Crippen LogP contribution in [0.5, 0.6) is 5.75 Å². The van der Waals surface area contributed by atoms with Crippen molar-refractivity contribution in [3.8, 4) is 5.75 Å². The summed E-state index contributed by atoms with van der Waals surface area (Å²) in [5.74, 6) is 0.295. The van der Waals surface area contributed by atoms with E-state index in [1.54, 1.807) is 19.1 Å². The minimum Gasteiger partial charge on any atom is -0.483 e. The van der Waals surface area contributed by atoms with E-state index in [1.807, 2.05) is 31.2 Å². The first kappa shape index (κ1) is 18.1. The lowest BCUT2D eigenvalue weighted by Gasteiger charge is -2.09. The molecule has 2 aromatic carbocycles. The van der Waals surface area contributed by atoms with Crippen molar-refractivity contribution in [1.82, 2.24) is 5.43 Å². The molecular formula is C18H19N3O4. The van der Waals surface area contributed by atoms with Crippen LogP contribution in [0.15, 0.2) is 53.6 Å². The Morgan fingerprint density at radius 3 is 2.52 bits per heavy atom. The van der Waals surface area contributed by atoms with Crippen LogP contribution >= 0.6 is 0 Å². The van der Waals surface area contributed by atoms with Gasteiger partial charge < -0.3 is 4.74 Å². The Morgan fingerprint density at radius 2 is 1.88 bits per heavy atom. The van der Waals surface area contributed by atoms with Gasteiger partial charge in [-0.25, -0.2) is 5.43 Å². The van der Waals surface area contributed by atoms with Gasteiger partial charge in [0.2, 0.25) is 0 Å². The molecule has 0 heterocycles. The summed E-state index contributed by atoms with van der Waals surface area (Å²) in [6, 6.07) is 13.5. The van der Waals surface area contributed by atoms with E-state index in [0.717, 1.165) is 12.0 Å². The van der Waals surface area contributed by atoms with Crippen molar-refractivity contribution in [2.45, 2.75) is 20.3 Å². The molecule has 1 N–H and O–H groups in total. The number of hydrogen-bond acceptors (Lipinski definition) is 5. The van der Waals surface area contributed by atoms with Crippen molar-refractivity contribution in [3.05, 3.63) is 69.8 Å². The molecular weight excluding hydrogens is 322 g/mol. The average Bonchev–Trinajstić information content (AvgIpc) is 2.64. The summed E-state index contributed by atoms with van der Waals surface area (Å²) in [5, 5.41) is 14.6. The number of benzene rings is 2. The van der Waals surface area contributed by atoms with Gasteiger partial charge in [-0.1, -0.05) is 25.1 Å². The van der Waals surface area contributed by atoms with Crippen LogP contribution in [0, 0.1) is 10.1 Å². The second-order valence-corrected chi connectivity index (χ2v) is 5.29. The number of ether oxygens (including phenoxy) is 1. The Hall–Kier alpha value is -3.22. The fourth-order valence-electron chi connectivity index (χ4n) is 2.15. The predicted octanol–water partition coefficient (Wildman–Crippen LogP) is 3.08. The van der Waals surface area contributed by atoms with Gasteiger partial charge in [0, 0.05) is 12.1 Å². The molecule has 0 aromatic heterocycles. The molecule has 0 saturated heterocycles. The van der Waals surface area contributed by atoms with Crippen molar-refractivity contribution in [2.24, 2.45) is 5.10 Å². The maximum Gasteiger partial charge on any atom is 0.277 e. The molecule has 1 amide bonds. The number of para-hydroxylation sites is 1. The van der Waals surface area contributed by atoms with Gasteiger partial charge in [0.25, 0.3) is 11.6 Å². The van der Waals surface area contributed by atoms with Gasteiger partial charge >= 0.3 is 0 Å². The lowest BCUT2D eigenvalue weighted by atomic mass is 10.1. The standard InChI is InChI=1S/C18H19N3O4/c1-3-14-6-4-5-7-17(14)25-12-18(22)20-19-13(2)15-8-10-16(11-9-15)21(23)24/h4-11H,3,12H2,1-2H3,(H,20,22)/b19-13-. The molecule has 7 heteroatoms. The lowest BCUT2D eigenvalue weighted by molar-refractivity contribution is -0.384. The van der Waals surface area contributed by atoms with Gasteiger partial charge in [-0.05, 0) is 42.7 Å². The summed E-state index contributed by atoms with van der Waals surface area (Å²) in [6.07, 6.45) is 0.815. The van der Waals surface area contributed by atoms with E-state index in [2.05, 4.69) is 10.5 Å². The number of nitrogens with one attached hydrogen (secondary N) is 1. The topological polar surface area (TPSA) is 93.8 Å². The summed E-state index contributed by atoms with van der Waals surface area (Å²) in [6.45, 7) is 3.57. The third-order valence-electron chi connectivity index (χ3n) is 3.56. The van der Waals surface area contributed by atoms with Gasteiger partial charge in [0.1, 0.15) is 5.75 Å². The van der Waals surface area contributed by atoms with Crippen LogP contribution in [-0.4, -0.2) is 23.1 Å². The van der Waals surface area contributed by atoms with Crippen molar-refractivity contribution in [3.63, 3.8) is 0 Å². The highest BCUT2D eigenvalue weighted by molar-refractivity contribution is 5.99. The Bertz CT molecular complexity index is 785. The van der Waals surface area contributed by atoms with Crippen LogP contribution in [0.2, 0.25) is 0 Å². The Morgan fingerprint density at radius 1 is 1.20 bits per heavy atom. The molecule has 0 bridgehead atoms. The number of hydrazone groups is 1. The van der Waals surface area contributed by atoms with Crippen molar-refractivity contribution >= 4 is 17.3 Å². The van der Waals surface area contributed by atoms with Crippen molar-refractivity contribution < 1.29 is 14.5 Å². The normalized spacial score (nSPS) is 11.0. The molecule has 2 rings (SSSR count). The smallest absolute Gasteiger partial charge is 0.277 e. The Labute approximate surface area is 145 Å². The highest BCUT2D eigenvalue weighted by Gasteiger charge is 2.07. The molecule has 0 saturated carbocycles. The van der Waals surface area contributed by atoms with Crippen LogP contribution in [0.1, 0.15) is 25.0 Å². The van der Waals surface area contributed by atoms with Crippen LogP contribution in [0.25, 0.3) is 0 Å². The van der Waals surface area contributed by atoms with Crippen LogP contribution in [0.3, 0.4) is 0 Å². The second-order valence-electron chi connectivity index (χ2n) is 5.29. The summed E-state index contributed by atoms with van der Waals surface area (Å²) < 4.78 is 5.51. The monoisotopic (exact) mass is 341 g/mol. The summed E-state index contributed by atoms with van der Waals surface area (Å²) in [7, 11) is 0. The number of carbonyl (C=O) groups is 1. The summed E-state index contributed by atoms with van der Waals surface area (Å²) in [5.41, 5.74) is 4.67. The molecule has 7 nitrogen and oxygen atoms in total. The zero-order chi connectivity index (χ0) is 18.2. The molecule has 2 aromatic rings. The van der Waals surface area contributed by atoms with E-state index in [-0.39, 0.29) is 18.2 Å². The van der Waals surface area contributed by atoms with E-state index >= 15 is 0 Å². The zero-order valence-corrected chi connectivity index (χ0v) is 14.1. The van der Waals surface area contributed by atoms with Gasteiger partial charge in [-0.2, -0.15) is 5.10 Å². The minimum absolute atomic E-state index is 0.00331. The second kappa shape index (κ2) is 8.58. The van der Waals surface area contributed by atoms with Crippen LogP contribution < -0.4 is 10.2 Å². The first-order valence-electron chi connectivity index (χ1n) is 7.80. The van der Waals surface area contributed by atoms with Crippen molar-refractivity contribution in [1.29, 1.82) is 0 Å². The number of hydrogen-bond donors (Lipinski definition) is 1. The quantitative estimate of drug-likeness (QED) is 0.476. The number of nitrogens with zero attached hydrogens (tertiary/aromatic N) is 2. The molecule has 0 fully saturated rings. The fourth-order valence-corrected chi connectivity index (χ4v) is 2.15. The fraction of sp³-hybridized carbons (Fsp3) is 0.222. The number of nitro groups is 1. The summed E-state index contributed by atoms with van der Waals surface area (Å²) in [4.78, 5) is 22.0. The third kappa shape index (κ3) is 5.13. The zero-order valence-electron chi connectivity index (χ0n) is 14.1. The largest absolute Gasteiger partial charge is 0.483 e. The number of aryl methyl sites for hydroxylation is 1. The van der Waals surface area contributed by atoms with E-state index in [1.165, 1.54) is 12.1 Å². The number of non-ortho nitro benzene ring substituents is 1. The van der Waals surface area contributed by atoms with Crippen LogP contribution in [-0.2, 0) is 11.2 Å². The highest BCUT2D eigenvalue weighted by Crippen LogP contribution is 2.18. The Balaban J connectivity index is 1.91. The average molecular weight is 341 g/mol. The molecule has 130 valence electrons.